The van der Waals surface area contributed by atoms with E-state index in [2.05, 4.69) is 4.98 Å². The molecule has 0 fully saturated rings. The molecule has 0 saturated heterocycles. The minimum Gasteiger partial charge on any atom is -0.388 e. The van der Waals surface area contributed by atoms with E-state index in [4.69, 9.17) is 0 Å². The molecule has 2 nitrogen and oxygen atoms in total. The molecular formula is C8H10NO. The number of hydrogen-bond donors (Lipinski definition) is 1. The maximum absolute atomic E-state index is 9.25. The highest BCUT2D eigenvalue weighted by molar-refractivity contribution is 5.15. The zero-order valence-electron chi connectivity index (χ0n) is 5.86. The Morgan fingerprint density at radius 1 is 1.50 bits per heavy atom. The smallest absolute Gasteiger partial charge is 0.0820 e. The zero-order chi connectivity index (χ0) is 7.40. The van der Waals surface area contributed by atoms with Crippen LogP contribution in [0.1, 0.15) is 18.6 Å². The van der Waals surface area contributed by atoms with E-state index in [1.165, 1.54) is 0 Å². The van der Waals surface area contributed by atoms with Gasteiger partial charge in [-0.15, -0.1) is 0 Å². The van der Waals surface area contributed by atoms with Crippen LogP contribution in [-0.2, 0) is 0 Å². The van der Waals surface area contributed by atoms with Crippen LogP contribution in [0, 0.1) is 6.42 Å². The number of aliphatic hydroxyl groups is 1. The molecule has 1 atom stereocenters. The molecular weight excluding hydrogens is 126 g/mol. The van der Waals surface area contributed by atoms with Crippen LogP contribution in [0.2, 0.25) is 0 Å². The molecule has 1 aromatic rings. The average Bonchev–Trinajstić information content (AvgIpc) is 2.05. The van der Waals surface area contributed by atoms with Gasteiger partial charge in [0.25, 0.3) is 0 Å². The molecule has 53 valence electrons. The second-order valence-electron chi connectivity index (χ2n) is 2.06. The molecule has 0 aliphatic heterocycles. The third-order valence-corrected chi connectivity index (χ3v) is 1.36. The van der Waals surface area contributed by atoms with Gasteiger partial charge in [0.15, 0.2) is 0 Å². The van der Waals surface area contributed by atoms with E-state index in [0.29, 0.717) is 0 Å². The fraction of sp³-hybridized carbons (Fsp3) is 0.250. The van der Waals surface area contributed by atoms with Crippen molar-refractivity contribution >= 4 is 0 Å². The van der Waals surface area contributed by atoms with Gasteiger partial charge >= 0.3 is 0 Å². The molecule has 0 amide bonds. The monoisotopic (exact) mass is 136 g/mol. The summed E-state index contributed by atoms with van der Waals surface area (Å²) in [6.45, 7) is 1.82. The summed E-state index contributed by atoms with van der Waals surface area (Å²) in [6, 6.07) is 3.59. The van der Waals surface area contributed by atoms with E-state index in [0.717, 1.165) is 5.56 Å². The minimum atomic E-state index is -0.456. The lowest BCUT2D eigenvalue weighted by Crippen LogP contribution is -1.94. The summed E-state index contributed by atoms with van der Waals surface area (Å²) in [5.41, 5.74) is 0.887. The predicted octanol–water partition coefficient (Wildman–Crippen LogP) is 1.34. The highest BCUT2D eigenvalue weighted by Gasteiger charge is 2.01. The Morgan fingerprint density at radius 3 is 2.60 bits per heavy atom. The zero-order valence-corrected chi connectivity index (χ0v) is 5.86. The lowest BCUT2D eigenvalue weighted by molar-refractivity contribution is 0.212. The van der Waals surface area contributed by atoms with Crippen molar-refractivity contribution < 1.29 is 5.11 Å². The number of pyridine rings is 1. The van der Waals surface area contributed by atoms with Crippen molar-refractivity contribution in [1.29, 1.82) is 0 Å². The van der Waals surface area contributed by atoms with Crippen molar-refractivity contribution in [3.05, 3.63) is 36.5 Å². The lowest BCUT2D eigenvalue weighted by atomic mass is 10.1. The topological polar surface area (TPSA) is 33.1 Å². The van der Waals surface area contributed by atoms with Crippen LogP contribution < -0.4 is 0 Å². The fourth-order valence-corrected chi connectivity index (χ4v) is 0.753. The highest BCUT2D eigenvalue weighted by atomic mass is 16.3. The summed E-state index contributed by atoms with van der Waals surface area (Å²) < 4.78 is 0. The van der Waals surface area contributed by atoms with Gasteiger partial charge in [0.05, 0.1) is 6.10 Å². The SMILES string of the molecule is C[CH]C(O)c1ccncc1. The van der Waals surface area contributed by atoms with Gasteiger partial charge in [-0.25, -0.2) is 0 Å². The predicted molar refractivity (Wildman–Crippen MR) is 39.2 cm³/mol. The number of aliphatic hydroxyl groups excluding tert-OH is 1. The maximum Gasteiger partial charge on any atom is 0.0820 e. The Balaban J connectivity index is 2.75. The van der Waals surface area contributed by atoms with Crippen LogP contribution in [0.3, 0.4) is 0 Å². The molecule has 2 heteroatoms. The number of nitrogens with zero attached hydrogens (tertiary/aromatic N) is 1. The second-order valence-corrected chi connectivity index (χ2v) is 2.06. The van der Waals surface area contributed by atoms with Crippen LogP contribution in [0.4, 0.5) is 0 Å². The normalized spacial score (nSPS) is 13.0. The highest BCUT2D eigenvalue weighted by Crippen LogP contribution is 2.12. The van der Waals surface area contributed by atoms with Gasteiger partial charge in [0.1, 0.15) is 0 Å². The van der Waals surface area contributed by atoms with E-state index < -0.39 is 6.10 Å². The van der Waals surface area contributed by atoms with Crippen molar-refractivity contribution in [3.8, 4) is 0 Å². The van der Waals surface area contributed by atoms with Crippen molar-refractivity contribution in [2.24, 2.45) is 0 Å². The largest absolute Gasteiger partial charge is 0.388 e. The minimum absolute atomic E-state index is 0.456. The maximum atomic E-state index is 9.25. The quantitative estimate of drug-likeness (QED) is 0.665. The molecule has 0 aliphatic carbocycles. The molecule has 0 saturated carbocycles. The van der Waals surface area contributed by atoms with Crippen molar-refractivity contribution in [1.82, 2.24) is 4.98 Å². The molecule has 0 spiro atoms. The number of hydrogen-bond acceptors (Lipinski definition) is 2. The summed E-state index contributed by atoms with van der Waals surface area (Å²) in [5, 5.41) is 9.25. The van der Waals surface area contributed by atoms with Crippen molar-refractivity contribution in [2.75, 3.05) is 0 Å². The third-order valence-electron chi connectivity index (χ3n) is 1.36. The van der Waals surface area contributed by atoms with Crippen LogP contribution in [0.15, 0.2) is 24.5 Å². The molecule has 0 aliphatic rings. The van der Waals surface area contributed by atoms with Gasteiger partial charge in [-0.3, -0.25) is 4.98 Å². The number of rotatable bonds is 2. The van der Waals surface area contributed by atoms with Gasteiger partial charge < -0.3 is 5.11 Å². The summed E-state index contributed by atoms with van der Waals surface area (Å²) in [5.74, 6) is 0. The summed E-state index contributed by atoms with van der Waals surface area (Å²) >= 11 is 0. The number of aromatic nitrogens is 1. The Labute approximate surface area is 60.5 Å². The van der Waals surface area contributed by atoms with E-state index in [-0.39, 0.29) is 0 Å². The first-order chi connectivity index (χ1) is 4.84. The van der Waals surface area contributed by atoms with E-state index in [1.807, 2.05) is 6.92 Å². The molecule has 0 bridgehead atoms. The van der Waals surface area contributed by atoms with E-state index in [1.54, 1.807) is 30.9 Å². The third kappa shape index (κ3) is 1.54. The molecule has 1 aromatic heterocycles. The molecule has 1 N–H and O–H groups in total. The van der Waals surface area contributed by atoms with Gasteiger partial charge in [0.2, 0.25) is 0 Å². The Bertz CT molecular complexity index is 186. The summed E-state index contributed by atoms with van der Waals surface area (Å²) in [7, 11) is 0. The van der Waals surface area contributed by atoms with Crippen molar-refractivity contribution in [2.45, 2.75) is 13.0 Å². The van der Waals surface area contributed by atoms with Crippen LogP contribution in [-0.4, -0.2) is 10.1 Å². The Kier molecular flexibility index (Phi) is 2.40. The first kappa shape index (κ1) is 7.22. The molecule has 1 heterocycles. The molecule has 1 rings (SSSR count). The van der Waals surface area contributed by atoms with Crippen LogP contribution in [0.5, 0.6) is 0 Å². The molecule has 0 aromatic carbocycles. The van der Waals surface area contributed by atoms with E-state index in [9.17, 15) is 5.11 Å². The van der Waals surface area contributed by atoms with Crippen LogP contribution >= 0.6 is 0 Å². The molecule has 10 heavy (non-hydrogen) atoms. The first-order valence-corrected chi connectivity index (χ1v) is 3.22. The Hall–Kier alpha value is -0.890. The molecule has 1 radical (unpaired) electrons. The average molecular weight is 136 g/mol. The Morgan fingerprint density at radius 2 is 2.10 bits per heavy atom. The summed E-state index contributed by atoms with van der Waals surface area (Å²) in [6.07, 6.45) is 4.61. The van der Waals surface area contributed by atoms with Gasteiger partial charge in [-0.05, 0) is 24.1 Å². The van der Waals surface area contributed by atoms with Gasteiger partial charge in [-0.1, -0.05) is 6.92 Å². The van der Waals surface area contributed by atoms with E-state index >= 15 is 0 Å². The molecule has 1 unspecified atom stereocenters. The van der Waals surface area contributed by atoms with Crippen LogP contribution in [0.25, 0.3) is 0 Å². The standard InChI is InChI=1S/C8H10NO/c1-2-8(10)7-3-5-9-6-4-7/h2-6,8,10H,1H3. The fourth-order valence-electron chi connectivity index (χ4n) is 0.753. The lowest BCUT2D eigenvalue weighted by Gasteiger charge is -2.05. The van der Waals surface area contributed by atoms with Gasteiger partial charge in [-0.2, -0.15) is 0 Å². The second kappa shape index (κ2) is 3.32. The van der Waals surface area contributed by atoms with Gasteiger partial charge in [0, 0.05) is 12.4 Å². The first-order valence-electron chi connectivity index (χ1n) is 3.22. The van der Waals surface area contributed by atoms with Crippen molar-refractivity contribution in [3.63, 3.8) is 0 Å². The summed E-state index contributed by atoms with van der Waals surface area (Å²) in [4.78, 5) is 3.84.